The molecule has 4 heteroatoms. The van der Waals surface area contributed by atoms with Crippen molar-refractivity contribution in [2.75, 3.05) is 11.9 Å². The fourth-order valence-corrected chi connectivity index (χ4v) is 3.05. The summed E-state index contributed by atoms with van der Waals surface area (Å²) in [5.41, 5.74) is -0.0389. The van der Waals surface area contributed by atoms with E-state index in [4.69, 9.17) is 9.47 Å². The molecule has 0 fully saturated rings. The van der Waals surface area contributed by atoms with E-state index in [2.05, 4.69) is 12.2 Å². The highest BCUT2D eigenvalue weighted by molar-refractivity contribution is 6.06. The summed E-state index contributed by atoms with van der Waals surface area (Å²) in [6.45, 7) is 10.6. The number of anilines is 1. The van der Waals surface area contributed by atoms with E-state index in [1.165, 1.54) is 0 Å². The Hall–Kier alpha value is -2.07. The van der Waals surface area contributed by atoms with Crippen LogP contribution in [0, 0.1) is 0 Å². The van der Waals surface area contributed by atoms with Gasteiger partial charge in [0.05, 0.1) is 6.10 Å². The quantitative estimate of drug-likeness (QED) is 0.640. The van der Waals surface area contributed by atoms with Crippen molar-refractivity contribution in [2.45, 2.75) is 65.6 Å². The molecule has 1 N–H and O–H groups in total. The number of benzene rings is 2. The van der Waals surface area contributed by atoms with Crippen LogP contribution in [0.1, 0.15) is 53.9 Å². The molecule has 0 spiro atoms. The second-order valence-electron chi connectivity index (χ2n) is 7.11. The van der Waals surface area contributed by atoms with Crippen LogP contribution < -0.4 is 10.1 Å². The standard InChI is InChI=1S/C22H31NO3/c1-6-14-22(5,25-15-7-2)21(24)23-19-12-13-20(26-16(3)4)18-11-9-8-10-17(18)19/h8-13,16H,6-7,14-15H2,1-5H3,(H,23,24). The Morgan fingerprint density at radius 2 is 1.77 bits per heavy atom. The minimum Gasteiger partial charge on any atom is -0.490 e. The molecule has 1 unspecified atom stereocenters. The SMILES string of the molecule is CCCOC(C)(CCC)C(=O)Nc1ccc(OC(C)C)c2ccccc12. The maximum absolute atomic E-state index is 13.0. The van der Waals surface area contributed by atoms with Crippen molar-refractivity contribution < 1.29 is 14.3 Å². The maximum Gasteiger partial charge on any atom is 0.256 e. The van der Waals surface area contributed by atoms with Gasteiger partial charge in [-0.25, -0.2) is 0 Å². The molecule has 0 bridgehead atoms. The fraction of sp³-hybridized carbons (Fsp3) is 0.500. The molecule has 0 saturated carbocycles. The van der Waals surface area contributed by atoms with Gasteiger partial charge in [-0.1, -0.05) is 44.5 Å². The van der Waals surface area contributed by atoms with Crippen molar-refractivity contribution in [3.05, 3.63) is 36.4 Å². The molecule has 4 nitrogen and oxygen atoms in total. The van der Waals surface area contributed by atoms with Crippen LogP contribution in [0.4, 0.5) is 5.69 Å². The normalized spacial score (nSPS) is 13.6. The van der Waals surface area contributed by atoms with Gasteiger partial charge in [-0.05, 0) is 45.7 Å². The summed E-state index contributed by atoms with van der Waals surface area (Å²) < 4.78 is 11.8. The zero-order chi connectivity index (χ0) is 19.2. The van der Waals surface area contributed by atoms with Gasteiger partial charge in [0.2, 0.25) is 0 Å². The third-order valence-electron chi connectivity index (χ3n) is 4.33. The molecule has 2 rings (SSSR count). The molecule has 0 aliphatic carbocycles. The van der Waals surface area contributed by atoms with Crippen molar-refractivity contribution in [1.29, 1.82) is 0 Å². The van der Waals surface area contributed by atoms with Crippen molar-refractivity contribution in [3.8, 4) is 5.75 Å². The molecule has 0 aliphatic heterocycles. The molecular weight excluding hydrogens is 326 g/mol. The predicted octanol–water partition coefficient (Wildman–Crippen LogP) is 5.55. The Kier molecular flexibility index (Phi) is 7.04. The number of rotatable bonds is 9. The second kappa shape index (κ2) is 9.04. The first-order valence-electron chi connectivity index (χ1n) is 9.55. The highest BCUT2D eigenvalue weighted by Crippen LogP contribution is 2.33. The Morgan fingerprint density at radius 3 is 2.38 bits per heavy atom. The largest absolute Gasteiger partial charge is 0.490 e. The van der Waals surface area contributed by atoms with Gasteiger partial charge in [-0.2, -0.15) is 0 Å². The maximum atomic E-state index is 13.0. The van der Waals surface area contributed by atoms with Crippen LogP contribution in [0.3, 0.4) is 0 Å². The Balaban J connectivity index is 2.34. The van der Waals surface area contributed by atoms with Crippen LogP contribution in [0.15, 0.2) is 36.4 Å². The van der Waals surface area contributed by atoms with E-state index in [9.17, 15) is 4.79 Å². The van der Waals surface area contributed by atoms with Crippen LogP contribution >= 0.6 is 0 Å². The fourth-order valence-electron chi connectivity index (χ4n) is 3.05. The van der Waals surface area contributed by atoms with E-state index in [0.717, 1.165) is 35.1 Å². The molecule has 0 aromatic heterocycles. The predicted molar refractivity (Wildman–Crippen MR) is 108 cm³/mol. The monoisotopic (exact) mass is 357 g/mol. The number of hydrogen-bond acceptors (Lipinski definition) is 3. The molecule has 0 saturated heterocycles. The van der Waals surface area contributed by atoms with Gasteiger partial charge in [0, 0.05) is 23.1 Å². The van der Waals surface area contributed by atoms with Crippen molar-refractivity contribution in [2.24, 2.45) is 0 Å². The third kappa shape index (κ3) is 4.76. The van der Waals surface area contributed by atoms with Gasteiger partial charge < -0.3 is 14.8 Å². The average molecular weight is 357 g/mol. The van der Waals surface area contributed by atoms with Gasteiger partial charge in [0.25, 0.3) is 5.91 Å². The van der Waals surface area contributed by atoms with Gasteiger partial charge in [-0.3, -0.25) is 4.79 Å². The minimum absolute atomic E-state index is 0.0918. The van der Waals surface area contributed by atoms with Gasteiger partial charge >= 0.3 is 0 Å². The summed E-state index contributed by atoms with van der Waals surface area (Å²) in [7, 11) is 0. The zero-order valence-electron chi connectivity index (χ0n) is 16.6. The summed E-state index contributed by atoms with van der Waals surface area (Å²) >= 11 is 0. The summed E-state index contributed by atoms with van der Waals surface area (Å²) in [4.78, 5) is 13.0. The lowest BCUT2D eigenvalue weighted by atomic mass is 9.98. The molecule has 0 aliphatic rings. The molecule has 2 aromatic rings. The first-order valence-corrected chi connectivity index (χ1v) is 9.55. The topological polar surface area (TPSA) is 47.6 Å². The first-order chi connectivity index (χ1) is 12.4. The Morgan fingerprint density at radius 1 is 1.08 bits per heavy atom. The lowest BCUT2D eigenvalue weighted by Crippen LogP contribution is -2.43. The number of amides is 1. The summed E-state index contributed by atoms with van der Waals surface area (Å²) in [5, 5.41) is 5.04. The van der Waals surface area contributed by atoms with Crippen LogP contribution in [0.25, 0.3) is 10.8 Å². The second-order valence-corrected chi connectivity index (χ2v) is 7.11. The molecule has 0 heterocycles. The number of fused-ring (bicyclic) bond motifs is 1. The minimum atomic E-state index is -0.820. The van der Waals surface area contributed by atoms with Crippen LogP contribution in [-0.4, -0.2) is 24.2 Å². The molecule has 26 heavy (non-hydrogen) atoms. The average Bonchev–Trinajstić information content (AvgIpc) is 2.62. The summed E-state index contributed by atoms with van der Waals surface area (Å²) in [6, 6.07) is 11.8. The number of nitrogens with one attached hydrogen (secondary N) is 1. The molecule has 142 valence electrons. The Labute approximate surface area is 156 Å². The number of carbonyl (C=O) groups is 1. The van der Waals surface area contributed by atoms with E-state index in [1.807, 2.05) is 64.1 Å². The molecule has 0 radical (unpaired) electrons. The van der Waals surface area contributed by atoms with Gasteiger partial charge in [-0.15, -0.1) is 0 Å². The van der Waals surface area contributed by atoms with Gasteiger partial charge in [0.1, 0.15) is 11.4 Å². The first kappa shape index (κ1) is 20.2. The van der Waals surface area contributed by atoms with Crippen LogP contribution in [0.5, 0.6) is 5.75 Å². The Bertz CT molecular complexity index is 741. The number of ether oxygens (including phenoxy) is 2. The smallest absolute Gasteiger partial charge is 0.256 e. The van der Waals surface area contributed by atoms with E-state index in [-0.39, 0.29) is 12.0 Å². The van der Waals surface area contributed by atoms with Crippen LogP contribution in [0.2, 0.25) is 0 Å². The molecule has 1 amide bonds. The van der Waals surface area contributed by atoms with Crippen molar-refractivity contribution in [3.63, 3.8) is 0 Å². The molecule has 2 aromatic carbocycles. The molecular formula is C22H31NO3. The lowest BCUT2D eigenvalue weighted by molar-refractivity contribution is -0.140. The number of carbonyl (C=O) groups excluding carboxylic acids is 1. The van der Waals surface area contributed by atoms with Crippen molar-refractivity contribution in [1.82, 2.24) is 0 Å². The summed E-state index contributed by atoms with van der Waals surface area (Å²) in [6.07, 6.45) is 2.55. The van der Waals surface area contributed by atoms with E-state index in [0.29, 0.717) is 13.0 Å². The summed E-state index contributed by atoms with van der Waals surface area (Å²) in [5.74, 6) is 0.725. The van der Waals surface area contributed by atoms with E-state index < -0.39 is 5.60 Å². The molecule has 1 atom stereocenters. The van der Waals surface area contributed by atoms with E-state index >= 15 is 0 Å². The zero-order valence-corrected chi connectivity index (χ0v) is 16.6. The third-order valence-corrected chi connectivity index (χ3v) is 4.33. The van der Waals surface area contributed by atoms with Crippen LogP contribution in [-0.2, 0) is 9.53 Å². The van der Waals surface area contributed by atoms with Gasteiger partial charge in [0.15, 0.2) is 0 Å². The lowest BCUT2D eigenvalue weighted by Gasteiger charge is -2.28. The highest BCUT2D eigenvalue weighted by Gasteiger charge is 2.33. The highest BCUT2D eigenvalue weighted by atomic mass is 16.5. The number of hydrogen-bond donors (Lipinski definition) is 1. The van der Waals surface area contributed by atoms with Crippen molar-refractivity contribution >= 4 is 22.4 Å². The van der Waals surface area contributed by atoms with E-state index in [1.54, 1.807) is 0 Å².